The Morgan fingerprint density at radius 3 is 2.11 bits per heavy atom. The van der Waals surface area contributed by atoms with Gasteiger partial charge in [-0.1, -0.05) is 6.07 Å². The summed E-state index contributed by atoms with van der Waals surface area (Å²) in [5.74, 6) is 0.465. The van der Waals surface area contributed by atoms with Gasteiger partial charge < -0.3 is 24.0 Å². The largest absolute Gasteiger partial charge is 0.493 e. The van der Waals surface area contributed by atoms with E-state index in [9.17, 15) is 14.0 Å². The van der Waals surface area contributed by atoms with E-state index in [-0.39, 0.29) is 17.2 Å². The van der Waals surface area contributed by atoms with Gasteiger partial charge in [0.2, 0.25) is 17.4 Å². The first-order valence-electron chi connectivity index (χ1n) is 10.9. The number of anilines is 1. The molecule has 0 saturated carbocycles. The van der Waals surface area contributed by atoms with Gasteiger partial charge in [0.05, 0.1) is 27.0 Å². The number of benzene rings is 2. The number of hydrogen-bond acceptors (Lipinski definition) is 8. The number of piperazine rings is 1. The molecule has 0 N–H and O–H groups in total. The first kappa shape index (κ1) is 24.0. The van der Waals surface area contributed by atoms with Crippen LogP contribution in [0.3, 0.4) is 0 Å². The van der Waals surface area contributed by atoms with Crippen LogP contribution in [0.25, 0.3) is 5.69 Å². The first-order chi connectivity index (χ1) is 16.9. The minimum atomic E-state index is -0.450. The summed E-state index contributed by atoms with van der Waals surface area (Å²) < 4.78 is 30.0. The molecular weight excluding hydrogens is 457 g/mol. The van der Waals surface area contributed by atoms with E-state index >= 15 is 0 Å². The van der Waals surface area contributed by atoms with Gasteiger partial charge in [0.25, 0.3) is 0 Å². The lowest BCUT2D eigenvalue weighted by molar-refractivity contribution is -0.129. The molecule has 1 saturated heterocycles. The normalized spacial score (nSPS) is 13.5. The molecule has 1 aliphatic heterocycles. The minimum Gasteiger partial charge on any atom is -0.493 e. The Morgan fingerprint density at radius 2 is 1.57 bits per heavy atom. The lowest BCUT2D eigenvalue weighted by atomic mass is 10.1. The smallest absolute Gasteiger partial charge is 0.219 e. The molecule has 1 aliphatic rings. The summed E-state index contributed by atoms with van der Waals surface area (Å²) >= 11 is 0. The molecule has 1 fully saturated rings. The quantitative estimate of drug-likeness (QED) is 0.473. The molecule has 0 atom stereocenters. The molecule has 4 rings (SSSR count). The van der Waals surface area contributed by atoms with Crippen molar-refractivity contribution in [1.29, 1.82) is 0 Å². The van der Waals surface area contributed by atoms with E-state index in [1.807, 2.05) is 4.90 Å². The fourth-order valence-electron chi connectivity index (χ4n) is 3.96. The Balaban J connectivity index is 1.78. The van der Waals surface area contributed by atoms with E-state index < -0.39 is 11.6 Å². The topological polar surface area (TPSA) is 99.0 Å². The third kappa shape index (κ3) is 4.75. The highest BCUT2D eigenvalue weighted by Gasteiger charge is 2.29. The summed E-state index contributed by atoms with van der Waals surface area (Å²) in [5, 5.41) is 8.97. The number of carbonyl (C=O) groups excluding carboxylic acids is 2. The van der Waals surface area contributed by atoms with Crippen molar-refractivity contribution in [3.63, 3.8) is 0 Å². The van der Waals surface area contributed by atoms with Gasteiger partial charge in [-0.2, -0.15) is 0 Å². The van der Waals surface area contributed by atoms with Gasteiger partial charge in [-0.15, -0.1) is 15.0 Å². The van der Waals surface area contributed by atoms with Gasteiger partial charge in [0.15, 0.2) is 23.0 Å². The highest BCUT2D eigenvalue weighted by Crippen LogP contribution is 2.39. The molecule has 3 aromatic rings. The minimum absolute atomic E-state index is 0.0122. The fourth-order valence-corrected chi connectivity index (χ4v) is 3.96. The number of aromatic nitrogens is 3. The number of hydrogen-bond donors (Lipinski definition) is 0. The van der Waals surface area contributed by atoms with Crippen LogP contribution in [-0.2, 0) is 4.79 Å². The maximum Gasteiger partial charge on any atom is 0.219 e. The molecule has 0 aliphatic carbocycles. The number of amides is 1. The average molecular weight is 484 g/mol. The zero-order chi connectivity index (χ0) is 25.1. The molecule has 2 aromatic carbocycles. The van der Waals surface area contributed by atoms with Crippen LogP contribution < -0.4 is 19.1 Å². The Kier molecular flexibility index (Phi) is 6.85. The predicted octanol–water partition coefficient (Wildman–Crippen LogP) is 2.33. The van der Waals surface area contributed by atoms with E-state index in [0.29, 0.717) is 54.9 Å². The van der Waals surface area contributed by atoms with Gasteiger partial charge in [-0.25, -0.2) is 4.39 Å². The molecule has 0 bridgehead atoms. The number of methoxy groups -OCH3 is 3. The third-order valence-corrected chi connectivity index (χ3v) is 5.80. The number of carbonyl (C=O) groups is 2. The molecule has 10 nitrogen and oxygen atoms in total. The predicted molar refractivity (Wildman–Crippen MR) is 125 cm³/mol. The number of rotatable bonds is 7. The van der Waals surface area contributed by atoms with Crippen molar-refractivity contribution in [2.45, 2.75) is 6.92 Å². The third-order valence-electron chi connectivity index (χ3n) is 5.80. The zero-order valence-electron chi connectivity index (χ0n) is 19.9. The highest BCUT2D eigenvalue weighted by molar-refractivity contribution is 6.11. The highest BCUT2D eigenvalue weighted by atomic mass is 19.1. The van der Waals surface area contributed by atoms with Crippen molar-refractivity contribution in [3.8, 4) is 22.9 Å². The fraction of sp³-hybridized carbons (Fsp3) is 0.333. The van der Waals surface area contributed by atoms with Crippen LogP contribution in [0.5, 0.6) is 17.2 Å². The number of ether oxygens (including phenoxy) is 3. The van der Waals surface area contributed by atoms with Crippen molar-refractivity contribution < 1.29 is 28.2 Å². The second-order valence-corrected chi connectivity index (χ2v) is 7.88. The van der Waals surface area contributed by atoms with Crippen molar-refractivity contribution in [1.82, 2.24) is 19.9 Å². The average Bonchev–Trinajstić information content (AvgIpc) is 3.33. The van der Waals surface area contributed by atoms with Crippen LogP contribution in [0.4, 0.5) is 10.2 Å². The lowest BCUT2D eigenvalue weighted by Crippen LogP contribution is -2.48. The van der Waals surface area contributed by atoms with Gasteiger partial charge in [-0.05, 0) is 24.3 Å². The zero-order valence-corrected chi connectivity index (χ0v) is 19.9. The summed E-state index contributed by atoms with van der Waals surface area (Å²) in [6.07, 6.45) is 0. The summed E-state index contributed by atoms with van der Waals surface area (Å²) in [7, 11) is 4.41. The van der Waals surface area contributed by atoms with Gasteiger partial charge in [0.1, 0.15) is 5.82 Å². The van der Waals surface area contributed by atoms with Crippen LogP contribution in [0.1, 0.15) is 23.0 Å². The van der Waals surface area contributed by atoms with E-state index in [1.165, 1.54) is 45.2 Å². The molecule has 35 heavy (non-hydrogen) atoms. The van der Waals surface area contributed by atoms with E-state index in [2.05, 4.69) is 10.2 Å². The van der Waals surface area contributed by atoms with E-state index in [1.54, 1.807) is 29.2 Å². The maximum absolute atomic E-state index is 13.9. The number of ketones is 1. The van der Waals surface area contributed by atoms with Gasteiger partial charge in [0, 0.05) is 44.7 Å². The SMILES string of the molecule is COc1cc(C(=O)c2nn(-c3cccc(F)c3)nc2N2CCN(C(C)=O)CC2)cc(OC)c1OC. The van der Waals surface area contributed by atoms with Crippen LogP contribution in [0.2, 0.25) is 0 Å². The molecular formula is C24H26FN5O5. The maximum atomic E-state index is 13.9. The van der Waals surface area contributed by atoms with Crippen LogP contribution in [-0.4, -0.2) is 79.1 Å². The second kappa shape index (κ2) is 10.00. The molecule has 184 valence electrons. The number of halogens is 1. The molecule has 11 heteroatoms. The van der Waals surface area contributed by atoms with Crippen LogP contribution in [0, 0.1) is 5.82 Å². The molecule has 0 unspecified atom stereocenters. The summed E-state index contributed by atoms with van der Waals surface area (Å²) in [4.78, 5) is 30.3. The van der Waals surface area contributed by atoms with Crippen molar-refractivity contribution in [2.75, 3.05) is 52.4 Å². The Bertz CT molecular complexity index is 1230. The number of nitrogens with zero attached hydrogens (tertiary/aromatic N) is 5. The van der Waals surface area contributed by atoms with Crippen molar-refractivity contribution >= 4 is 17.5 Å². The standard InChI is InChI=1S/C24H26FN5O5/c1-15(31)28-8-10-29(11-9-28)24-21(26-30(27-24)18-7-5-6-17(25)14-18)22(32)16-12-19(33-2)23(35-4)20(13-16)34-3/h5-7,12-14H,8-11H2,1-4H3. The Labute approximate surface area is 201 Å². The second-order valence-electron chi connectivity index (χ2n) is 7.88. The Hall–Kier alpha value is -4.15. The monoisotopic (exact) mass is 483 g/mol. The molecule has 0 spiro atoms. The van der Waals surface area contributed by atoms with Gasteiger partial charge >= 0.3 is 0 Å². The van der Waals surface area contributed by atoms with E-state index in [4.69, 9.17) is 14.2 Å². The molecule has 0 radical (unpaired) electrons. The molecule has 1 aromatic heterocycles. The first-order valence-corrected chi connectivity index (χ1v) is 10.9. The summed E-state index contributed by atoms with van der Waals surface area (Å²) in [5.41, 5.74) is 0.715. The Morgan fingerprint density at radius 1 is 0.914 bits per heavy atom. The summed E-state index contributed by atoms with van der Waals surface area (Å²) in [6.45, 7) is 3.43. The lowest BCUT2D eigenvalue weighted by Gasteiger charge is -2.34. The van der Waals surface area contributed by atoms with E-state index in [0.717, 1.165) is 0 Å². The molecule has 1 amide bonds. The van der Waals surface area contributed by atoms with Gasteiger partial charge in [-0.3, -0.25) is 9.59 Å². The van der Waals surface area contributed by atoms with Crippen molar-refractivity contribution in [2.24, 2.45) is 0 Å². The van der Waals surface area contributed by atoms with Crippen LogP contribution >= 0.6 is 0 Å². The van der Waals surface area contributed by atoms with Crippen LogP contribution in [0.15, 0.2) is 36.4 Å². The van der Waals surface area contributed by atoms with Crippen molar-refractivity contribution in [3.05, 3.63) is 53.5 Å². The molecule has 2 heterocycles. The summed E-state index contributed by atoms with van der Waals surface area (Å²) in [6, 6.07) is 8.88.